The number of hydrogen-bond acceptors (Lipinski definition) is 3. The number of rotatable bonds is 9. The fraction of sp³-hybridized carbons (Fsp3) is 1.00. The van der Waals surface area contributed by atoms with E-state index in [4.69, 9.17) is 13.3 Å². The highest BCUT2D eigenvalue weighted by molar-refractivity contribution is 6.60. The first kappa shape index (κ1) is 18.1. The Balaban J connectivity index is 2.41. The average Bonchev–Trinajstić information content (AvgIpc) is 2.49. The summed E-state index contributed by atoms with van der Waals surface area (Å²) in [5.41, 5.74) is 0. The molecule has 0 unspecified atom stereocenters. The van der Waals surface area contributed by atoms with Gasteiger partial charge in [0.1, 0.15) is 0 Å². The molecule has 0 spiro atoms. The van der Waals surface area contributed by atoms with Crippen LogP contribution in [0.1, 0.15) is 46.0 Å². The Kier molecular flexibility index (Phi) is 7.68. The number of unbranched alkanes of at least 4 members (excludes halogenated alkanes) is 1. The maximum Gasteiger partial charge on any atom is 0.500 e. The van der Waals surface area contributed by atoms with E-state index in [-0.39, 0.29) is 0 Å². The summed E-state index contributed by atoms with van der Waals surface area (Å²) in [4.78, 5) is 0. The van der Waals surface area contributed by atoms with Crippen molar-refractivity contribution < 1.29 is 17.8 Å². The molecule has 0 aromatic rings. The highest BCUT2D eigenvalue weighted by Crippen LogP contribution is 2.25. The molecule has 0 aromatic carbocycles. The van der Waals surface area contributed by atoms with Gasteiger partial charge in [-0.1, -0.05) is 0 Å². The Morgan fingerprint density at radius 2 is 1.45 bits per heavy atom. The molecule has 0 atom stereocenters. The van der Waals surface area contributed by atoms with Gasteiger partial charge in [0.15, 0.2) is 0 Å². The number of nitrogens with zero attached hydrogens (tertiary/aromatic N) is 1. The lowest BCUT2D eigenvalue weighted by Crippen LogP contribution is -2.56. The summed E-state index contributed by atoms with van der Waals surface area (Å²) in [6.45, 7) is 8.77. The number of likely N-dealkylation sites (tertiary alicyclic amines) is 1. The van der Waals surface area contributed by atoms with Crippen LogP contribution in [0.25, 0.3) is 0 Å². The lowest BCUT2D eigenvalue weighted by Gasteiger charge is -2.45. The molecule has 1 aliphatic rings. The van der Waals surface area contributed by atoms with Crippen molar-refractivity contribution in [3.8, 4) is 0 Å². The summed E-state index contributed by atoms with van der Waals surface area (Å²) >= 11 is 0. The average molecular weight is 305 g/mol. The van der Waals surface area contributed by atoms with E-state index in [2.05, 4.69) is 13.8 Å². The van der Waals surface area contributed by atoms with Crippen molar-refractivity contribution >= 4 is 8.80 Å². The van der Waals surface area contributed by atoms with E-state index in [9.17, 15) is 0 Å². The molecule has 1 fully saturated rings. The van der Waals surface area contributed by atoms with Crippen LogP contribution in [0.15, 0.2) is 0 Å². The van der Waals surface area contributed by atoms with Gasteiger partial charge in [0.05, 0.1) is 25.7 Å². The van der Waals surface area contributed by atoms with Crippen LogP contribution < -0.4 is 0 Å². The predicted octanol–water partition coefficient (Wildman–Crippen LogP) is 3.05. The van der Waals surface area contributed by atoms with Gasteiger partial charge < -0.3 is 17.8 Å². The molecule has 0 amide bonds. The molecule has 1 heterocycles. The van der Waals surface area contributed by atoms with E-state index in [1.807, 2.05) is 0 Å². The van der Waals surface area contributed by atoms with Gasteiger partial charge in [-0.2, -0.15) is 0 Å². The van der Waals surface area contributed by atoms with Gasteiger partial charge in [0.2, 0.25) is 0 Å². The van der Waals surface area contributed by atoms with Gasteiger partial charge >= 0.3 is 8.80 Å². The number of quaternary nitrogens is 1. The minimum atomic E-state index is -2.36. The molecule has 0 radical (unpaired) electrons. The van der Waals surface area contributed by atoms with E-state index < -0.39 is 8.80 Å². The van der Waals surface area contributed by atoms with Gasteiger partial charge in [-0.25, -0.2) is 0 Å². The first-order valence-electron chi connectivity index (χ1n) is 8.05. The normalized spacial score (nSPS) is 19.5. The van der Waals surface area contributed by atoms with E-state index in [0.29, 0.717) is 0 Å². The minimum Gasteiger partial charge on any atom is -0.377 e. The van der Waals surface area contributed by atoms with E-state index in [1.165, 1.54) is 49.8 Å². The number of hydrogen-bond donors (Lipinski definition) is 0. The fourth-order valence-corrected chi connectivity index (χ4v) is 5.26. The Bertz CT molecular complexity index is 256. The highest BCUT2D eigenvalue weighted by Gasteiger charge is 2.38. The van der Waals surface area contributed by atoms with Crippen LogP contribution in [0.5, 0.6) is 0 Å². The molecule has 4 nitrogen and oxygen atoms in total. The second-order valence-electron chi connectivity index (χ2n) is 6.30. The molecular formula is C15H34NO3Si+. The lowest BCUT2D eigenvalue weighted by atomic mass is 10.0. The van der Waals surface area contributed by atoms with E-state index in [0.717, 1.165) is 18.5 Å². The Labute approximate surface area is 126 Å². The molecular weight excluding hydrogens is 270 g/mol. The first-order chi connectivity index (χ1) is 9.54. The van der Waals surface area contributed by atoms with Crippen molar-refractivity contribution in [2.24, 2.45) is 0 Å². The van der Waals surface area contributed by atoms with Crippen molar-refractivity contribution in [2.45, 2.75) is 58.0 Å². The zero-order valence-electron chi connectivity index (χ0n) is 14.1. The predicted molar refractivity (Wildman–Crippen MR) is 84.7 cm³/mol. The van der Waals surface area contributed by atoms with Gasteiger partial charge in [-0.3, -0.25) is 0 Å². The Morgan fingerprint density at radius 1 is 0.900 bits per heavy atom. The standard InChI is InChI=1S/C15H34NO3Si/c1-15(2)16(11-7-6-8-12-16)13-9-10-14-20(17-3,18-4)19-5/h15H,6-14H2,1-5H3/q+1. The molecule has 0 aromatic heterocycles. The monoisotopic (exact) mass is 304 g/mol. The molecule has 0 aliphatic carbocycles. The van der Waals surface area contributed by atoms with Crippen LogP contribution in [-0.4, -0.2) is 60.3 Å². The van der Waals surface area contributed by atoms with Gasteiger partial charge in [0.25, 0.3) is 0 Å². The van der Waals surface area contributed by atoms with Gasteiger partial charge in [-0.05, 0) is 46.0 Å². The van der Waals surface area contributed by atoms with Crippen LogP contribution in [-0.2, 0) is 13.3 Å². The SMILES string of the molecule is CO[Si](CCCC[N+]1(C(C)C)CCCCC1)(OC)OC. The van der Waals surface area contributed by atoms with E-state index in [1.54, 1.807) is 21.3 Å². The maximum absolute atomic E-state index is 5.49. The molecule has 120 valence electrons. The maximum atomic E-state index is 5.49. The molecule has 1 rings (SSSR count). The topological polar surface area (TPSA) is 27.7 Å². The van der Waals surface area contributed by atoms with Crippen molar-refractivity contribution in [3.63, 3.8) is 0 Å². The van der Waals surface area contributed by atoms with Crippen molar-refractivity contribution in [3.05, 3.63) is 0 Å². The molecule has 5 heteroatoms. The molecule has 0 bridgehead atoms. The molecule has 0 N–H and O–H groups in total. The third-order valence-electron chi connectivity index (χ3n) is 5.07. The largest absolute Gasteiger partial charge is 0.500 e. The zero-order valence-corrected chi connectivity index (χ0v) is 15.1. The Hall–Kier alpha value is 0.0569. The van der Waals surface area contributed by atoms with Crippen LogP contribution in [0.4, 0.5) is 0 Å². The van der Waals surface area contributed by atoms with Crippen molar-refractivity contribution in [1.82, 2.24) is 0 Å². The summed E-state index contributed by atoms with van der Waals surface area (Å²) in [5.74, 6) is 0. The summed E-state index contributed by atoms with van der Waals surface area (Å²) in [7, 11) is 2.74. The number of piperidine rings is 1. The molecule has 0 saturated carbocycles. The summed E-state index contributed by atoms with van der Waals surface area (Å²) in [6.07, 6.45) is 6.58. The second kappa shape index (κ2) is 8.49. The van der Waals surface area contributed by atoms with Gasteiger partial charge in [-0.15, -0.1) is 0 Å². The lowest BCUT2D eigenvalue weighted by molar-refractivity contribution is -0.952. The zero-order chi connectivity index (χ0) is 15.1. The van der Waals surface area contributed by atoms with E-state index >= 15 is 0 Å². The minimum absolute atomic E-state index is 0.740. The third-order valence-corrected chi connectivity index (χ3v) is 7.90. The summed E-state index contributed by atoms with van der Waals surface area (Å²) in [5, 5.41) is 0. The van der Waals surface area contributed by atoms with Gasteiger partial charge in [0, 0.05) is 27.4 Å². The third kappa shape index (κ3) is 4.53. The van der Waals surface area contributed by atoms with Crippen LogP contribution in [0.2, 0.25) is 6.04 Å². The summed E-state index contributed by atoms with van der Waals surface area (Å²) in [6, 6.07) is 1.67. The molecule has 20 heavy (non-hydrogen) atoms. The van der Waals surface area contributed by atoms with Crippen LogP contribution in [0, 0.1) is 0 Å². The highest BCUT2D eigenvalue weighted by atomic mass is 28.4. The fourth-order valence-electron chi connectivity index (χ4n) is 3.46. The quantitative estimate of drug-likeness (QED) is 0.372. The second-order valence-corrected chi connectivity index (χ2v) is 9.39. The van der Waals surface area contributed by atoms with Crippen molar-refractivity contribution in [2.75, 3.05) is 41.0 Å². The van der Waals surface area contributed by atoms with Crippen LogP contribution >= 0.6 is 0 Å². The first-order valence-corrected chi connectivity index (χ1v) is 9.98. The van der Waals surface area contributed by atoms with Crippen molar-refractivity contribution in [1.29, 1.82) is 0 Å². The van der Waals surface area contributed by atoms with Crippen LogP contribution in [0.3, 0.4) is 0 Å². The molecule has 1 aliphatic heterocycles. The molecule has 1 saturated heterocycles. The summed E-state index contributed by atoms with van der Waals surface area (Å²) < 4.78 is 17.8. The Morgan fingerprint density at radius 3 is 1.90 bits per heavy atom. The smallest absolute Gasteiger partial charge is 0.377 e.